The lowest BCUT2D eigenvalue weighted by atomic mass is 10.0. The summed E-state index contributed by atoms with van der Waals surface area (Å²) in [6.45, 7) is -0.125. The summed E-state index contributed by atoms with van der Waals surface area (Å²) in [5, 5.41) is 6.77. The molecule has 0 saturated carbocycles. The number of rotatable bonds is 7. The molecule has 3 aromatic carbocycles. The Labute approximate surface area is 203 Å². The third-order valence-corrected chi connectivity index (χ3v) is 6.03. The van der Waals surface area contributed by atoms with Crippen LogP contribution in [-0.2, 0) is 11.2 Å². The number of carbonyl (C=O) groups is 1. The maximum absolute atomic E-state index is 13.3. The van der Waals surface area contributed by atoms with Gasteiger partial charge < -0.3 is 9.15 Å². The Bertz CT molecular complexity index is 1290. The van der Waals surface area contributed by atoms with Gasteiger partial charge in [-0.2, -0.15) is 5.10 Å². The van der Waals surface area contributed by atoms with Crippen LogP contribution in [0.5, 0.6) is 5.75 Å². The van der Waals surface area contributed by atoms with Gasteiger partial charge in [0.15, 0.2) is 6.61 Å². The quantitative estimate of drug-likeness (QED) is 0.319. The smallest absolute Gasteiger partial charge is 0.281 e. The van der Waals surface area contributed by atoms with Gasteiger partial charge in [-0.1, -0.05) is 72.3 Å². The highest BCUT2D eigenvalue weighted by atomic mass is 35.5. The molecule has 2 heterocycles. The monoisotopic (exact) mass is 470 g/mol. The third-order valence-electron chi connectivity index (χ3n) is 5.78. The van der Waals surface area contributed by atoms with Crippen molar-refractivity contribution in [3.8, 4) is 5.75 Å². The van der Waals surface area contributed by atoms with Crippen molar-refractivity contribution in [2.24, 2.45) is 5.10 Å². The van der Waals surface area contributed by atoms with Crippen LogP contribution in [0.15, 0.2) is 107 Å². The van der Waals surface area contributed by atoms with E-state index in [0.717, 1.165) is 23.3 Å². The first-order chi connectivity index (χ1) is 16.7. The molecule has 170 valence electrons. The number of benzene rings is 3. The molecule has 0 saturated heterocycles. The van der Waals surface area contributed by atoms with Gasteiger partial charge in [-0.15, -0.1) is 0 Å². The van der Waals surface area contributed by atoms with Crippen LogP contribution >= 0.6 is 11.6 Å². The first-order valence-corrected chi connectivity index (χ1v) is 11.5. The van der Waals surface area contributed by atoms with Gasteiger partial charge in [-0.25, -0.2) is 5.01 Å². The highest BCUT2D eigenvalue weighted by Crippen LogP contribution is 2.33. The lowest BCUT2D eigenvalue weighted by Gasteiger charge is -2.20. The number of amides is 1. The van der Waals surface area contributed by atoms with Gasteiger partial charge in [0.1, 0.15) is 17.6 Å². The number of carbonyl (C=O) groups excluding carboxylic acids is 1. The Kier molecular flexibility index (Phi) is 6.45. The maximum Gasteiger partial charge on any atom is 0.281 e. The van der Waals surface area contributed by atoms with Crippen molar-refractivity contribution in [2.75, 3.05) is 6.61 Å². The second kappa shape index (κ2) is 9.98. The first-order valence-electron chi connectivity index (χ1n) is 11.1. The minimum atomic E-state index is -0.323. The van der Waals surface area contributed by atoms with Gasteiger partial charge in [0.25, 0.3) is 5.91 Å². The largest absolute Gasteiger partial charge is 0.483 e. The second-order valence-electron chi connectivity index (χ2n) is 8.09. The Morgan fingerprint density at radius 1 is 0.971 bits per heavy atom. The van der Waals surface area contributed by atoms with E-state index in [9.17, 15) is 4.79 Å². The number of halogens is 1. The number of nitrogens with zero attached hydrogens (tertiary/aromatic N) is 2. The van der Waals surface area contributed by atoms with Crippen LogP contribution in [0.2, 0.25) is 5.02 Å². The number of hydrogen-bond acceptors (Lipinski definition) is 4. The van der Waals surface area contributed by atoms with Crippen molar-refractivity contribution in [1.29, 1.82) is 0 Å². The highest BCUT2D eigenvalue weighted by Gasteiger charge is 2.35. The molecule has 1 atom stereocenters. The van der Waals surface area contributed by atoms with Gasteiger partial charge in [0.2, 0.25) is 0 Å². The van der Waals surface area contributed by atoms with Crippen molar-refractivity contribution < 1.29 is 13.9 Å². The summed E-state index contributed by atoms with van der Waals surface area (Å²) < 4.78 is 11.6. The van der Waals surface area contributed by atoms with Gasteiger partial charge >= 0.3 is 0 Å². The minimum Gasteiger partial charge on any atom is -0.483 e. The fraction of sp³-hybridized carbons (Fsp3) is 0.143. The van der Waals surface area contributed by atoms with E-state index in [-0.39, 0.29) is 18.6 Å². The molecule has 0 spiro atoms. The molecular weight excluding hydrogens is 448 g/mol. The molecule has 0 aliphatic carbocycles. The summed E-state index contributed by atoms with van der Waals surface area (Å²) in [5.41, 5.74) is 3.93. The molecule has 1 aliphatic rings. The number of hydrogen-bond donors (Lipinski definition) is 0. The second-order valence-corrected chi connectivity index (χ2v) is 8.52. The van der Waals surface area contributed by atoms with E-state index in [0.29, 0.717) is 23.0 Å². The Hall–Kier alpha value is -3.83. The molecule has 1 aromatic heterocycles. The summed E-state index contributed by atoms with van der Waals surface area (Å²) in [6, 6.07) is 28.8. The molecule has 0 bridgehead atoms. The molecule has 0 radical (unpaired) electrons. The van der Waals surface area contributed by atoms with Crippen molar-refractivity contribution in [3.05, 3.63) is 125 Å². The highest BCUT2D eigenvalue weighted by molar-refractivity contribution is 6.30. The topological polar surface area (TPSA) is 55.0 Å². The van der Waals surface area contributed by atoms with E-state index in [4.69, 9.17) is 20.8 Å². The average Bonchev–Trinajstić information content (AvgIpc) is 3.55. The zero-order valence-electron chi connectivity index (χ0n) is 18.4. The number of ether oxygens (including phenoxy) is 1. The van der Waals surface area contributed by atoms with E-state index < -0.39 is 0 Å². The molecule has 4 aromatic rings. The van der Waals surface area contributed by atoms with Crippen LogP contribution in [0.4, 0.5) is 0 Å². The Morgan fingerprint density at radius 3 is 2.50 bits per heavy atom. The maximum atomic E-state index is 13.3. The summed E-state index contributed by atoms with van der Waals surface area (Å²) in [7, 11) is 0. The SMILES string of the molecule is O=C(COc1ccccc1Cc1ccccc1)N1N=C(c2ccc(Cl)cc2)C[C@H]1c1ccco1. The van der Waals surface area contributed by atoms with Crippen molar-refractivity contribution >= 4 is 23.2 Å². The molecule has 0 fully saturated rings. The van der Waals surface area contributed by atoms with Crippen LogP contribution in [-0.4, -0.2) is 23.2 Å². The molecule has 1 amide bonds. The fourth-order valence-corrected chi connectivity index (χ4v) is 4.20. The molecule has 0 unspecified atom stereocenters. The van der Waals surface area contributed by atoms with Gasteiger partial charge in [0.05, 0.1) is 12.0 Å². The number of para-hydroxylation sites is 1. The fourth-order valence-electron chi connectivity index (χ4n) is 4.07. The van der Waals surface area contributed by atoms with Crippen molar-refractivity contribution in [1.82, 2.24) is 5.01 Å². The summed E-state index contributed by atoms with van der Waals surface area (Å²) >= 11 is 6.03. The van der Waals surface area contributed by atoms with Gasteiger partial charge in [-0.05, 0) is 47.0 Å². The molecule has 1 aliphatic heterocycles. The van der Waals surface area contributed by atoms with Crippen LogP contribution in [0.3, 0.4) is 0 Å². The predicted molar refractivity (Wildman–Crippen MR) is 132 cm³/mol. The van der Waals surface area contributed by atoms with Gasteiger partial charge in [0, 0.05) is 17.9 Å². The standard InChI is InChI=1S/C28H23ClN2O3/c29-23-14-12-21(13-15-23)24-18-25(27-11-6-16-33-27)31(30-24)28(32)19-34-26-10-5-4-9-22(26)17-20-7-2-1-3-8-20/h1-16,25H,17-19H2/t25-/m0/s1. The van der Waals surface area contributed by atoms with E-state index in [1.807, 2.05) is 78.9 Å². The zero-order valence-corrected chi connectivity index (χ0v) is 19.2. The third kappa shape index (κ3) is 4.90. The Morgan fingerprint density at radius 2 is 1.74 bits per heavy atom. The minimum absolute atomic E-state index is 0.125. The summed E-state index contributed by atoms with van der Waals surface area (Å²) in [5.74, 6) is 1.14. The van der Waals surface area contributed by atoms with Crippen LogP contribution < -0.4 is 4.74 Å². The molecule has 5 rings (SSSR count). The lowest BCUT2D eigenvalue weighted by molar-refractivity contribution is -0.135. The number of hydrazone groups is 1. The average molecular weight is 471 g/mol. The van der Waals surface area contributed by atoms with Gasteiger partial charge in [-0.3, -0.25) is 4.79 Å². The van der Waals surface area contributed by atoms with Crippen LogP contribution in [0.25, 0.3) is 0 Å². The van der Waals surface area contributed by atoms with Crippen LogP contribution in [0, 0.1) is 0 Å². The Balaban J connectivity index is 1.34. The molecular formula is C28H23ClN2O3. The van der Waals surface area contributed by atoms with Crippen LogP contribution in [0.1, 0.15) is 34.9 Å². The van der Waals surface area contributed by atoms with E-state index in [1.54, 1.807) is 6.26 Å². The molecule has 5 nitrogen and oxygen atoms in total. The van der Waals surface area contributed by atoms with Crippen molar-refractivity contribution in [3.63, 3.8) is 0 Å². The summed E-state index contributed by atoms with van der Waals surface area (Å²) in [6.07, 6.45) is 2.88. The zero-order chi connectivity index (χ0) is 23.3. The van der Waals surface area contributed by atoms with E-state index >= 15 is 0 Å². The molecule has 0 N–H and O–H groups in total. The van der Waals surface area contributed by atoms with E-state index in [2.05, 4.69) is 17.2 Å². The summed E-state index contributed by atoms with van der Waals surface area (Å²) in [4.78, 5) is 13.3. The number of furan rings is 1. The predicted octanol–water partition coefficient (Wildman–Crippen LogP) is 6.28. The first kappa shape index (κ1) is 22.0. The molecule has 6 heteroatoms. The lowest BCUT2D eigenvalue weighted by Crippen LogP contribution is -2.31. The normalized spacial score (nSPS) is 15.3. The molecule has 34 heavy (non-hydrogen) atoms. The van der Waals surface area contributed by atoms with Crippen molar-refractivity contribution in [2.45, 2.75) is 18.9 Å². The van der Waals surface area contributed by atoms with E-state index in [1.165, 1.54) is 10.6 Å².